The zero-order valence-electron chi connectivity index (χ0n) is 11.9. The Morgan fingerprint density at radius 1 is 1.30 bits per heavy atom. The minimum absolute atomic E-state index is 0.362. The Labute approximate surface area is 121 Å². The number of anilines is 1. The molecule has 1 unspecified atom stereocenters. The van der Waals surface area contributed by atoms with Gasteiger partial charge in [0, 0.05) is 18.8 Å². The summed E-state index contributed by atoms with van der Waals surface area (Å²) in [6.07, 6.45) is 4.46. The summed E-state index contributed by atoms with van der Waals surface area (Å²) in [4.78, 5) is 2.52. The molecule has 2 aliphatic rings. The molecule has 0 aromatic heterocycles. The smallest absolute Gasteiger partial charge is 0.0782 e. The van der Waals surface area contributed by atoms with E-state index in [1.54, 1.807) is 0 Å². The van der Waals surface area contributed by atoms with Gasteiger partial charge in [0.2, 0.25) is 0 Å². The van der Waals surface area contributed by atoms with Crippen molar-refractivity contribution in [2.24, 2.45) is 5.92 Å². The van der Waals surface area contributed by atoms with E-state index in [1.807, 2.05) is 6.08 Å². The Balaban J connectivity index is 1.65. The van der Waals surface area contributed by atoms with E-state index in [4.69, 9.17) is 9.47 Å². The monoisotopic (exact) mass is 273 g/mol. The lowest BCUT2D eigenvalue weighted by atomic mass is 10.1. The van der Waals surface area contributed by atoms with Crippen LogP contribution in [0.25, 0.3) is 0 Å². The van der Waals surface area contributed by atoms with Gasteiger partial charge in [0.25, 0.3) is 0 Å². The van der Waals surface area contributed by atoms with Gasteiger partial charge in [-0.1, -0.05) is 24.3 Å². The second kappa shape index (κ2) is 6.42. The van der Waals surface area contributed by atoms with Crippen LogP contribution in [0.15, 0.2) is 43.0 Å². The number of benzene rings is 1. The first-order chi connectivity index (χ1) is 9.88. The van der Waals surface area contributed by atoms with Gasteiger partial charge in [-0.05, 0) is 30.9 Å². The van der Waals surface area contributed by atoms with Crippen LogP contribution < -0.4 is 4.90 Å². The van der Waals surface area contributed by atoms with Crippen LogP contribution in [0.1, 0.15) is 12.8 Å². The molecule has 1 heterocycles. The van der Waals surface area contributed by atoms with Gasteiger partial charge >= 0.3 is 0 Å². The van der Waals surface area contributed by atoms with Gasteiger partial charge in [-0.15, -0.1) is 6.58 Å². The largest absolute Gasteiger partial charge is 0.377 e. The predicted molar refractivity (Wildman–Crippen MR) is 81.1 cm³/mol. The van der Waals surface area contributed by atoms with Crippen molar-refractivity contribution in [1.82, 2.24) is 0 Å². The summed E-state index contributed by atoms with van der Waals surface area (Å²) < 4.78 is 11.6. The first-order valence-electron chi connectivity index (χ1n) is 7.50. The molecule has 20 heavy (non-hydrogen) atoms. The van der Waals surface area contributed by atoms with Crippen LogP contribution in [0.5, 0.6) is 0 Å². The number of hydrogen-bond acceptors (Lipinski definition) is 3. The van der Waals surface area contributed by atoms with E-state index in [0.29, 0.717) is 24.7 Å². The van der Waals surface area contributed by atoms with Crippen molar-refractivity contribution in [2.75, 3.05) is 31.3 Å². The molecule has 3 nitrogen and oxygen atoms in total. The van der Waals surface area contributed by atoms with E-state index in [2.05, 4.69) is 41.8 Å². The van der Waals surface area contributed by atoms with Crippen molar-refractivity contribution in [3.05, 3.63) is 43.0 Å². The highest BCUT2D eigenvalue weighted by atomic mass is 16.5. The molecule has 0 amide bonds. The molecule has 1 aliphatic carbocycles. The number of hydrogen-bond donors (Lipinski definition) is 0. The lowest BCUT2D eigenvalue weighted by molar-refractivity contribution is 0.0218. The lowest BCUT2D eigenvalue weighted by Crippen LogP contribution is -2.48. The molecule has 1 aromatic carbocycles. The quantitative estimate of drug-likeness (QED) is 0.608. The molecule has 0 N–H and O–H groups in total. The molecular weight excluding hydrogens is 250 g/mol. The highest BCUT2D eigenvalue weighted by molar-refractivity contribution is 5.48. The maximum Gasteiger partial charge on any atom is 0.0782 e. The molecule has 1 aliphatic heterocycles. The van der Waals surface area contributed by atoms with Crippen LogP contribution >= 0.6 is 0 Å². The Morgan fingerprint density at radius 2 is 2.15 bits per heavy atom. The SMILES string of the molecule is C=CCOCC1C[C@@H]2[C@@H](C1)OCCN2c1ccccc1. The second-order valence-corrected chi connectivity index (χ2v) is 5.67. The van der Waals surface area contributed by atoms with Crippen LogP contribution in [0, 0.1) is 5.92 Å². The highest BCUT2D eigenvalue weighted by Gasteiger charge is 2.41. The molecule has 0 spiro atoms. The molecule has 3 rings (SSSR count). The van der Waals surface area contributed by atoms with Crippen molar-refractivity contribution in [3.63, 3.8) is 0 Å². The van der Waals surface area contributed by atoms with Crippen LogP contribution in [0.3, 0.4) is 0 Å². The fraction of sp³-hybridized carbons (Fsp3) is 0.529. The van der Waals surface area contributed by atoms with Crippen LogP contribution in [0.4, 0.5) is 5.69 Å². The average Bonchev–Trinajstić information content (AvgIpc) is 2.91. The topological polar surface area (TPSA) is 21.7 Å². The zero-order chi connectivity index (χ0) is 13.8. The molecule has 1 aromatic rings. The summed E-state index contributed by atoms with van der Waals surface area (Å²) in [7, 11) is 0. The maximum atomic E-state index is 5.97. The first kappa shape index (κ1) is 13.7. The fourth-order valence-electron chi connectivity index (χ4n) is 3.44. The molecule has 2 fully saturated rings. The summed E-state index contributed by atoms with van der Waals surface area (Å²) in [6, 6.07) is 11.2. The number of morpholine rings is 1. The Kier molecular flexibility index (Phi) is 4.38. The zero-order valence-corrected chi connectivity index (χ0v) is 11.9. The molecular formula is C17H23NO2. The Hall–Kier alpha value is -1.32. The maximum absolute atomic E-state index is 5.97. The number of ether oxygens (including phenoxy) is 2. The summed E-state index contributed by atoms with van der Waals surface area (Å²) in [5, 5.41) is 0. The van der Waals surface area contributed by atoms with Crippen molar-refractivity contribution in [2.45, 2.75) is 25.0 Å². The third-order valence-corrected chi connectivity index (χ3v) is 4.31. The molecule has 1 saturated carbocycles. The van der Waals surface area contributed by atoms with Crippen molar-refractivity contribution < 1.29 is 9.47 Å². The van der Waals surface area contributed by atoms with E-state index in [-0.39, 0.29) is 0 Å². The van der Waals surface area contributed by atoms with Gasteiger partial charge in [-0.3, -0.25) is 0 Å². The summed E-state index contributed by atoms with van der Waals surface area (Å²) in [6.45, 7) is 6.98. The van der Waals surface area contributed by atoms with Gasteiger partial charge in [0.1, 0.15) is 0 Å². The van der Waals surface area contributed by atoms with E-state index < -0.39 is 0 Å². The van der Waals surface area contributed by atoms with E-state index in [1.165, 1.54) is 5.69 Å². The fourth-order valence-corrected chi connectivity index (χ4v) is 3.44. The Bertz CT molecular complexity index is 434. The van der Waals surface area contributed by atoms with Crippen molar-refractivity contribution in [1.29, 1.82) is 0 Å². The van der Waals surface area contributed by atoms with Gasteiger partial charge in [0.05, 0.1) is 25.4 Å². The summed E-state index contributed by atoms with van der Waals surface area (Å²) in [5.41, 5.74) is 1.32. The van der Waals surface area contributed by atoms with E-state index in [0.717, 1.165) is 32.6 Å². The van der Waals surface area contributed by atoms with Crippen molar-refractivity contribution in [3.8, 4) is 0 Å². The minimum Gasteiger partial charge on any atom is -0.377 e. The molecule has 0 bridgehead atoms. The van der Waals surface area contributed by atoms with E-state index >= 15 is 0 Å². The van der Waals surface area contributed by atoms with Gasteiger partial charge in [-0.2, -0.15) is 0 Å². The minimum atomic E-state index is 0.362. The Morgan fingerprint density at radius 3 is 2.95 bits per heavy atom. The first-order valence-corrected chi connectivity index (χ1v) is 7.50. The number of fused-ring (bicyclic) bond motifs is 1. The molecule has 3 heteroatoms. The number of nitrogens with zero attached hydrogens (tertiary/aromatic N) is 1. The van der Waals surface area contributed by atoms with Gasteiger partial charge < -0.3 is 14.4 Å². The highest BCUT2D eigenvalue weighted by Crippen LogP contribution is 2.36. The normalized spacial score (nSPS) is 29.2. The van der Waals surface area contributed by atoms with E-state index in [9.17, 15) is 0 Å². The van der Waals surface area contributed by atoms with Crippen LogP contribution in [0.2, 0.25) is 0 Å². The molecule has 3 atom stereocenters. The third-order valence-electron chi connectivity index (χ3n) is 4.31. The molecule has 108 valence electrons. The molecule has 0 radical (unpaired) electrons. The summed E-state index contributed by atoms with van der Waals surface area (Å²) in [5.74, 6) is 0.606. The lowest BCUT2D eigenvalue weighted by Gasteiger charge is -2.39. The predicted octanol–water partition coefficient (Wildman–Crippen LogP) is 2.87. The number of para-hydroxylation sites is 1. The van der Waals surface area contributed by atoms with Crippen LogP contribution in [-0.4, -0.2) is 38.5 Å². The summed E-state index contributed by atoms with van der Waals surface area (Å²) >= 11 is 0. The third kappa shape index (κ3) is 2.89. The second-order valence-electron chi connectivity index (χ2n) is 5.67. The van der Waals surface area contributed by atoms with Gasteiger partial charge in [0.15, 0.2) is 0 Å². The van der Waals surface area contributed by atoms with Crippen molar-refractivity contribution >= 4 is 5.69 Å². The standard InChI is InChI=1S/C17H23NO2/c1-2-9-19-13-14-11-16-17(12-14)20-10-8-18(16)15-6-4-3-5-7-15/h2-7,14,16-17H,1,8-13H2/t14?,16-,17-/m1/s1. The van der Waals surface area contributed by atoms with Gasteiger partial charge in [-0.25, -0.2) is 0 Å². The number of rotatable bonds is 5. The van der Waals surface area contributed by atoms with Crippen LogP contribution in [-0.2, 0) is 9.47 Å². The average molecular weight is 273 g/mol. The molecule has 1 saturated heterocycles.